The molecule has 7 rings (SSSR count). The highest BCUT2D eigenvalue weighted by molar-refractivity contribution is 5.63. The third-order valence-electron chi connectivity index (χ3n) is 8.78. The lowest BCUT2D eigenvalue weighted by Crippen LogP contribution is -2.51. The van der Waals surface area contributed by atoms with Crippen LogP contribution >= 0.6 is 0 Å². The SMILES string of the molecule is Cc1nc2nc(C)c(O[C@@H]3CCN(c4ccc(-c5ccc(CN6C7CCC6CN(C)C7)nn5)cc4)C3)c(C)n2n1. The molecule has 3 fully saturated rings. The number of rotatable bonds is 6. The number of hydrogen-bond acceptors (Lipinski definition) is 9. The van der Waals surface area contributed by atoms with Crippen LogP contribution in [0.2, 0.25) is 0 Å². The molecule has 10 nitrogen and oxygen atoms in total. The fourth-order valence-corrected chi connectivity index (χ4v) is 6.74. The van der Waals surface area contributed by atoms with Crippen molar-refractivity contribution in [3.8, 4) is 17.0 Å². The van der Waals surface area contributed by atoms with E-state index in [0.29, 0.717) is 23.7 Å². The summed E-state index contributed by atoms with van der Waals surface area (Å²) >= 11 is 0. The predicted molar refractivity (Wildman–Crippen MR) is 154 cm³/mol. The second kappa shape index (κ2) is 10.1. The van der Waals surface area contributed by atoms with E-state index in [1.807, 2.05) is 20.8 Å². The largest absolute Gasteiger partial charge is 0.485 e. The van der Waals surface area contributed by atoms with Crippen LogP contribution in [-0.2, 0) is 6.54 Å². The molecule has 208 valence electrons. The van der Waals surface area contributed by atoms with Crippen molar-refractivity contribution in [2.24, 2.45) is 0 Å². The summed E-state index contributed by atoms with van der Waals surface area (Å²) in [5.74, 6) is 2.14. The van der Waals surface area contributed by atoms with E-state index >= 15 is 0 Å². The van der Waals surface area contributed by atoms with Crippen LogP contribution in [0.1, 0.15) is 42.2 Å². The third-order valence-corrected chi connectivity index (χ3v) is 8.78. The van der Waals surface area contributed by atoms with Crippen molar-refractivity contribution < 1.29 is 4.74 Å². The molecule has 0 radical (unpaired) electrons. The molecule has 3 aliphatic heterocycles. The number of hydrogen-bond donors (Lipinski definition) is 0. The summed E-state index contributed by atoms with van der Waals surface area (Å²) in [6.07, 6.45) is 3.64. The molecule has 2 bridgehead atoms. The maximum Gasteiger partial charge on any atom is 0.253 e. The summed E-state index contributed by atoms with van der Waals surface area (Å²) in [5.41, 5.74) is 6.04. The molecule has 0 spiro atoms. The first-order valence-corrected chi connectivity index (χ1v) is 14.4. The summed E-state index contributed by atoms with van der Waals surface area (Å²) in [6.45, 7) is 10.9. The van der Waals surface area contributed by atoms with E-state index in [-0.39, 0.29) is 6.10 Å². The van der Waals surface area contributed by atoms with Gasteiger partial charge in [0.1, 0.15) is 11.9 Å². The highest BCUT2D eigenvalue weighted by Crippen LogP contribution is 2.32. The minimum Gasteiger partial charge on any atom is -0.485 e. The molecule has 0 aliphatic carbocycles. The molecule has 4 aromatic rings. The number of likely N-dealkylation sites (N-methyl/N-ethyl adjacent to an activating group) is 1. The van der Waals surface area contributed by atoms with E-state index in [4.69, 9.17) is 4.74 Å². The molecule has 0 N–H and O–H groups in total. The number of fused-ring (bicyclic) bond motifs is 3. The normalized spacial score (nSPS) is 23.4. The number of benzene rings is 1. The molecule has 6 heterocycles. The van der Waals surface area contributed by atoms with Gasteiger partial charge in [0.25, 0.3) is 5.78 Å². The molecule has 3 aromatic heterocycles. The van der Waals surface area contributed by atoms with Crippen LogP contribution in [0.5, 0.6) is 5.75 Å². The first-order valence-electron chi connectivity index (χ1n) is 14.4. The molecule has 0 saturated carbocycles. The minimum atomic E-state index is 0.0925. The van der Waals surface area contributed by atoms with E-state index in [1.54, 1.807) is 4.52 Å². The highest BCUT2D eigenvalue weighted by Gasteiger charge is 2.38. The Morgan fingerprint density at radius 2 is 1.65 bits per heavy atom. The average molecular weight is 540 g/mol. The maximum absolute atomic E-state index is 6.47. The standard InChI is InChI=1S/C30H37N9O/c1-19-29(20(2)39-30(31-19)32-21(3)35-39)40-27-13-14-37(18-27)24-8-5-22(6-9-24)28-12-7-23(33-34-28)15-38-25-10-11-26(38)17-36(4)16-25/h5-9,12,25-27H,10-11,13-18H2,1-4H3/t25?,26?,27-/m1/s1. The molecule has 2 unspecified atom stereocenters. The lowest BCUT2D eigenvalue weighted by atomic mass is 10.1. The summed E-state index contributed by atoms with van der Waals surface area (Å²) < 4.78 is 8.24. The van der Waals surface area contributed by atoms with Gasteiger partial charge >= 0.3 is 0 Å². The first-order chi connectivity index (χ1) is 19.4. The summed E-state index contributed by atoms with van der Waals surface area (Å²) in [5, 5.41) is 13.7. The van der Waals surface area contributed by atoms with Gasteiger partial charge in [0.2, 0.25) is 0 Å². The Hall–Kier alpha value is -3.63. The van der Waals surface area contributed by atoms with Crippen LogP contribution in [0.25, 0.3) is 17.0 Å². The third kappa shape index (κ3) is 4.69. The topological polar surface area (TPSA) is 87.8 Å². The Morgan fingerprint density at radius 3 is 2.38 bits per heavy atom. The van der Waals surface area contributed by atoms with Gasteiger partial charge in [-0.05, 0) is 64.9 Å². The first kappa shape index (κ1) is 25.3. The summed E-state index contributed by atoms with van der Waals surface area (Å²) in [6, 6.07) is 14.2. The monoisotopic (exact) mass is 539 g/mol. The fraction of sp³-hybridized carbons (Fsp3) is 0.500. The number of ether oxygens (including phenoxy) is 1. The van der Waals surface area contributed by atoms with E-state index < -0.39 is 0 Å². The summed E-state index contributed by atoms with van der Waals surface area (Å²) in [4.78, 5) is 16.5. The zero-order valence-electron chi connectivity index (χ0n) is 23.8. The maximum atomic E-state index is 6.47. The second-order valence-electron chi connectivity index (χ2n) is 11.7. The van der Waals surface area contributed by atoms with E-state index in [9.17, 15) is 0 Å². The van der Waals surface area contributed by atoms with Crippen LogP contribution in [0.4, 0.5) is 5.69 Å². The zero-order valence-corrected chi connectivity index (χ0v) is 23.8. The quantitative estimate of drug-likeness (QED) is 0.366. The van der Waals surface area contributed by atoms with Gasteiger partial charge < -0.3 is 14.5 Å². The van der Waals surface area contributed by atoms with Gasteiger partial charge in [0.15, 0.2) is 5.75 Å². The molecule has 1 aromatic carbocycles. The highest BCUT2D eigenvalue weighted by atomic mass is 16.5. The number of anilines is 1. The van der Waals surface area contributed by atoms with Crippen molar-refractivity contribution in [2.75, 3.05) is 38.1 Å². The van der Waals surface area contributed by atoms with Crippen LogP contribution in [0.3, 0.4) is 0 Å². The minimum absolute atomic E-state index is 0.0925. The van der Waals surface area contributed by atoms with Gasteiger partial charge in [0.05, 0.1) is 29.3 Å². The Kier molecular flexibility index (Phi) is 6.39. The molecule has 3 aliphatic rings. The number of nitrogens with zero attached hydrogens (tertiary/aromatic N) is 9. The Bertz CT molecular complexity index is 1500. The van der Waals surface area contributed by atoms with Gasteiger partial charge in [-0.3, -0.25) is 4.90 Å². The number of piperazine rings is 1. The average Bonchev–Trinajstić information content (AvgIpc) is 3.63. The molecular formula is C30H37N9O. The number of aromatic nitrogens is 6. The molecule has 3 atom stereocenters. The predicted octanol–water partition coefficient (Wildman–Crippen LogP) is 3.44. The molecule has 10 heteroatoms. The Morgan fingerprint density at radius 1 is 0.875 bits per heavy atom. The molecule has 0 amide bonds. The molecular weight excluding hydrogens is 502 g/mol. The Labute approximate surface area is 235 Å². The van der Waals surface area contributed by atoms with E-state index in [2.05, 4.69) is 83.4 Å². The van der Waals surface area contributed by atoms with Gasteiger partial charge in [0, 0.05) is 55.9 Å². The second-order valence-corrected chi connectivity index (χ2v) is 11.7. The molecule has 40 heavy (non-hydrogen) atoms. The number of aryl methyl sites for hydroxylation is 3. The smallest absolute Gasteiger partial charge is 0.253 e. The van der Waals surface area contributed by atoms with Crippen molar-refractivity contribution in [1.29, 1.82) is 0 Å². The van der Waals surface area contributed by atoms with Gasteiger partial charge in [-0.2, -0.15) is 19.7 Å². The lowest BCUT2D eigenvalue weighted by Gasteiger charge is -2.39. The van der Waals surface area contributed by atoms with E-state index in [0.717, 1.165) is 73.2 Å². The summed E-state index contributed by atoms with van der Waals surface area (Å²) in [7, 11) is 2.24. The van der Waals surface area contributed by atoms with Crippen molar-refractivity contribution in [3.63, 3.8) is 0 Å². The lowest BCUT2D eigenvalue weighted by molar-refractivity contribution is 0.0747. The van der Waals surface area contributed by atoms with Gasteiger partial charge in [-0.1, -0.05) is 12.1 Å². The van der Waals surface area contributed by atoms with Gasteiger partial charge in [-0.25, -0.2) is 4.98 Å². The van der Waals surface area contributed by atoms with Crippen LogP contribution in [0, 0.1) is 20.8 Å². The molecule has 3 saturated heterocycles. The van der Waals surface area contributed by atoms with Crippen LogP contribution < -0.4 is 9.64 Å². The van der Waals surface area contributed by atoms with Crippen molar-refractivity contribution in [1.82, 2.24) is 39.6 Å². The zero-order chi connectivity index (χ0) is 27.4. The van der Waals surface area contributed by atoms with Crippen molar-refractivity contribution >= 4 is 11.5 Å². The van der Waals surface area contributed by atoms with Crippen LogP contribution in [-0.4, -0.2) is 91.0 Å². The fourth-order valence-electron chi connectivity index (χ4n) is 6.74. The van der Waals surface area contributed by atoms with Gasteiger partial charge in [-0.15, -0.1) is 5.10 Å². The number of likely N-dealkylation sites (tertiary alicyclic amines) is 1. The van der Waals surface area contributed by atoms with E-state index in [1.165, 1.54) is 18.5 Å². The van der Waals surface area contributed by atoms with Crippen molar-refractivity contribution in [3.05, 3.63) is 59.3 Å². The Balaban J connectivity index is 0.986. The van der Waals surface area contributed by atoms with Crippen molar-refractivity contribution in [2.45, 2.75) is 64.8 Å². The van der Waals surface area contributed by atoms with Crippen LogP contribution in [0.15, 0.2) is 36.4 Å².